The predicted octanol–water partition coefficient (Wildman–Crippen LogP) is 4.04. The summed E-state index contributed by atoms with van der Waals surface area (Å²) in [5.74, 6) is -1.06. The number of nitrogens with zero attached hydrogens (tertiary/aromatic N) is 1. The molecule has 0 bridgehead atoms. The third-order valence-corrected chi connectivity index (χ3v) is 6.89. The van der Waals surface area contributed by atoms with Crippen molar-refractivity contribution in [2.75, 3.05) is 45.8 Å². The van der Waals surface area contributed by atoms with Crippen molar-refractivity contribution in [1.82, 2.24) is 26.2 Å². The van der Waals surface area contributed by atoms with E-state index in [1.165, 1.54) is 58.2 Å². The smallest absolute Gasteiger partial charge is 0.329 e. The third kappa shape index (κ3) is 22.8. The minimum atomic E-state index is -0.874. The maximum Gasteiger partial charge on any atom is 0.329 e. The van der Waals surface area contributed by atoms with E-state index in [1.54, 1.807) is 41.5 Å². The van der Waals surface area contributed by atoms with Crippen LogP contribution in [0.15, 0.2) is 0 Å². The Morgan fingerprint density at radius 3 is 1.93 bits per heavy atom. The summed E-state index contributed by atoms with van der Waals surface area (Å²) in [6.07, 6.45) is 11.7. The van der Waals surface area contributed by atoms with Crippen LogP contribution in [-0.2, 0) is 23.9 Å². The van der Waals surface area contributed by atoms with Crippen LogP contribution in [0.2, 0.25) is 0 Å². The molecule has 1 rings (SSSR count). The lowest BCUT2D eigenvalue weighted by Crippen LogP contribution is -2.49. The number of urea groups is 1. The second-order valence-electron chi connectivity index (χ2n) is 13.5. The third-order valence-electron chi connectivity index (χ3n) is 6.89. The summed E-state index contributed by atoms with van der Waals surface area (Å²) < 4.78 is 10.6. The van der Waals surface area contributed by atoms with Gasteiger partial charge in [-0.15, -0.1) is 0 Å². The molecule has 1 saturated heterocycles. The van der Waals surface area contributed by atoms with Crippen LogP contribution >= 0.6 is 0 Å². The number of amides is 3. The fraction of sp³-hybridized carbons (Fsp3) is 0.875. The Morgan fingerprint density at radius 1 is 0.744 bits per heavy atom. The molecule has 0 aromatic carbocycles. The number of hydrogen-bond acceptors (Lipinski definition) is 8. The number of piperazine rings is 1. The first-order valence-electron chi connectivity index (χ1n) is 16.4. The van der Waals surface area contributed by atoms with Gasteiger partial charge in [-0.3, -0.25) is 9.59 Å². The van der Waals surface area contributed by atoms with Gasteiger partial charge in [-0.2, -0.15) is 0 Å². The molecule has 1 heterocycles. The lowest BCUT2D eigenvalue weighted by atomic mass is 10.1. The molecule has 0 aliphatic carbocycles. The zero-order valence-electron chi connectivity index (χ0n) is 27.9. The molecule has 1 atom stereocenters. The van der Waals surface area contributed by atoms with Gasteiger partial charge in [0.25, 0.3) is 0 Å². The normalized spacial score (nSPS) is 14.9. The molecule has 0 aromatic rings. The van der Waals surface area contributed by atoms with E-state index in [2.05, 4.69) is 26.2 Å². The SMILES string of the molecule is CC(C)(C)OC(=O)CNC(=O)NC(CCCCNC(=O)CCCCCCCCCCN1CCNCC1)C(=O)OC(C)(C)C. The van der Waals surface area contributed by atoms with E-state index in [0.29, 0.717) is 32.2 Å². The maximum atomic E-state index is 12.7. The number of carbonyl (C=O) groups excluding carboxylic acids is 4. The highest BCUT2D eigenvalue weighted by Gasteiger charge is 2.27. The highest BCUT2D eigenvalue weighted by Crippen LogP contribution is 2.13. The van der Waals surface area contributed by atoms with E-state index in [9.17, 15) is 19.2 Å². The van der Waals surface area contributed by atoms with Crippen LogP contribution in [-0.4, -0.2) is 91.8 Å². The van der Waals surface area contributed by atoms with Gasteiger partial charge in [0.15, 0.2) is 0 Å². The second-order valence-corrected chi connectivity index (χ2v) is 13.5. The summed E-state index contributed by atoms with van der Waals surface area (Å²) in [4.78, 5) is 51.7. The van der Waals surface area contributed by atoms with Crippen molar-refractivity contribution in [3.8, 4) is 0 Å². The average molecular weight is 612 g/mol. The molecule has 1 aliphatic rings. The number of nitrogens with one attached hydrogen (secondary N) is 4. The molecular weight excluding hydrogens is 550 g/mol. The second kappa shape index (κ2) is 21.3. The number of carbonyl (C=O) groups is 4. The minimum absolute atomic E-state index is 0.0521. The summed E-state index contributed by atoms with van der Waals surface area (Å²) in [6, 6.07) is -1.53. The fourth-order valence-corrected chi connectivity index (χ4v) is 4.77. The Labute approximate surface area is 260 Å². The number of hydrogen-bond donors (Lipinski definition) is 4. The molecule has 1 aliphatic heterocycles. The summed E-state index contributed by atoms with van der Waals surface area (Å²) in [5, 5.41) is 11.4. The van der Waals surface area contributed by atoms with Gasteiger partial charge >= 0.3 is 18.0 Å². The van der Waals surface area contributed by atoms with Gasteiger partial charge in [0, 0.05) is 39.1 Å². The number of ether oxygens (including phenoxy) is 2. The van der Waals surface area contributed by atoms with Gasteiger partial charge < -0.3 is 35.6 Å². The molecule has 43 heavy (non-hydrogen) atoms. The van der Waals surface area contributed by atoms with Crippen molar-refractivity contribution in [3.05, 3.63) is 0 Å². The maximum absolute atomic E-state index is 12.7. The summed E-state index contributed by atoms with van der Waals surface area (Å²) in [6.45, 7) is 16.5. The Balaban J connectivity index is 2.16. The van der Waals surface area contributed by atoms with Gasteiger partial charge in [0.05, 0.1) is 0 Å². The first-order chi connectivity index (χ1) is 20.2. The van der Waals surface area contributed by atoms with E-state index in [4.69, 9.17) is 9.47 Å². The first-order valence-corrected chi connectivity index (χ1v) is 16.4. The molecule has 250 valence electrons. The summed E-state index contributed by atoms with van der Waals surface area (Å²) in [7, 11) is 0. The molecule has 0 aromatic heterocycles. The minimum Gasteiger partial charge on any atom is -0.459 e. The number of unbranched alkanes of at least 4 members (excludes halogenated alkanes) is 8. The molecule has 4 N–H and O–H groups in total. The molecule has 11 nitrogen and oxygen atoms in total. The molecule has 1 fully saturated rings. The highest BCUT2D eigenvalue weighted by atomic mass is 16.6. The topological polar surface area (TPSA) is 138 Å². The largest absolute Gasteiger partial charge is 0.459 e. The highest BCUT2D eigenvalue weighted by molar-refractivity contribution is 5.85. The monoisotopic (exact) mass is 611 g/mol. The van der Waals surface area contributed by atoms with E-state index >= 15 is 0 Å². The number of esters is 2. The number of rotatable bonds is 20. The van der Waals surface area contributed by atoms with Crippen molar-refractivity contribution < 1.29 is 28.7 Å². The van der Waals surface area contributed by atoms with Crippen molar-refractivity contribution >= 4 is 23.9 Å². The molecule has 0 radical (unpaired) electrons. The molecule has 11 heteroatoms. The quantitative estimate of drug-likeness (QED) is 0.120. The zero-order valence-corrected chi connectivity index (χ0v) is 27.9. The average Bonchev–Trinajstić information content (AvgIpc) is 2.90. The van der Waals surface area contributed by atoms with Gasteiger partial charge in [-0.05, 0) is 80.2 Å². The molecular formula is C32H61N5O6. The fourth-order valence-electron chi connectivity index (χ4n) is 4.77. The van der Waals surface area contributed by atoms with Crippen molar-refractivity contribution in [2.45, 2.75) is 136 Å². The Hall–Kier alpha value is -2.40. The Bertz CT molecular complexity index is 818. The summed E-state index contributed by atoms with van der Waals surface area (Å²) in [5.41, 5.74) is -1.36. The molecule has 0 saturated carbocycles. The van der Waals surface area contributed by atoms with Crippen LogP contribution in [0.4, 0.5) is 4.79 Å². The standard InChI is InChI=1S/C32H61N5O6/c1-31(2,3)42-28(39)25-35-30(41)36-26(29(40)43-32(4,5)6)17-14-15-19-34-27(38)18-13-11-9-7-8-10-12-16-22-37-23-20-33-21-24-37/h26,33H,7-25H2,1-6H3,(H,34,38)(H2,35,36,41). The van der Waals surface area contributed by atoms with Crippen LogP contribution in [0.3, 0.4) is 0 Å². The molecule has 1 unspecified atom stereocenters. The van der Waals surface area contributed by atoms with E-state index in [-0.39, 0.29) is 12.5 Å². The van der Waals surface area contributed by atoms with Gasteiger partial charge in [-0.1, -0.05) is 38.5 Å². The predicted molar refractivity (Wildman–Crippen MR) is 170 cm³/mol. The zero-order chi connectivity index (χ0) is 32.1. The van der Waals surface area contributed by atoms with Gasteiger partial charge in [0.2, 0.25) is 5.91 Å². The van der Waals surface area contributed by atoms with Crippen molar-refractivity contribution in [1.29, 1.82) is 0 Å². The lowest BCUT2D eigenvalue weighted by molar-refractivity contribution is -0.157. The van der Waals surface area contributed by atoms with Gasteiger partial charge in [0.1, 0.15) is 23.8 Å². The van der Waals surface area contributed by atoms with Crippen molar-refractivity contribution in [3.63, 3.8) is 0 Å². The van der Waals surface area contributed by atoms with E-state index in [1.807, 2.05) is 0 Å². The van der Waals surface area contributed by atoms with Crippen molar-refractivity contribution in [2.24, 2.45) is 0 Å². The van der Waals surface area contributed by atoms with Crippen LogP contribution in [0, 0.1) is 0 Å². The van der Waals surface area contributed by atoms with Crippen LogP contribution in [0.25, 0.3) is 0 Å². The lowest BCUT2D eigenvalue weighted by Gasteiger charge is -2.27. The first kappa shape index (κ1) is 38.6. The van der Waals surface area contributed by atoms with E-state index in [0.717, 1.165) is 25.9 Å². The Morgan fingerprint density at radius 2 is 1.33 bits per heavy atom. The summed E-state index contributed by atoms with van der Waals surface area (Å²) >= 11 is 0. The Kier molecular flexibility index (Phi) is 19.2. The van der Waals surface area contributed by atoms with Crippen LogP contribution in [0.5, 0.6) is 0 Å². The van der Waals surface area contributed by atoms with Gasteiger partial charge in [-0.25, -0.2) is 9.59 Å². The molecule has 0 spiro atoms. The van der Waals surface area contributed by atoms with Crippen LogP contribution in [0.1, 0.15) is 119 Å². The molecule has 3 amide bonds. The van der Waals surface area contributed by atoms with E-state index < -0.39 is 35.2 Å². The van der Waals surface area contributed by atoms with Crippen LogP contribution < -0.4 is 21.3 Å².